The van der Waals surface area contributed by atoms with Gasteiger partial charge in [0.2, 0.25) is 10.0 Å². The van der Waals surface area contributed by atoms with Crippen LogP contribution in [0.3, 0.4) is 0 Å². The normalized spacial score (nSPS) is 20.7. The van der Waals surface area contributed by atoms with Gasteiger partial charge in [0.25, 0.3) is 0 Å². The van der Waals surface area contributed by atoms with Gasteiger partial charge in [0.05, 0.1) is 11.9 Å². The largest absolute Gasteiger partial charge is 0.310 e. The maximum atomic E-state index is 11.4. The zero-order valence-electron chi connectivity index (χ0n) is 10.9. The summed E-state index contributed by atoms with van der Waals surface area (Å²) in [6, 6.07) is 8.18. The van der Waals surface area contributed by atoms with Crippen LogP contribution in [-0.2, 0) is 10.0 Å². The van der Waals surface area contributed by atoms with Gasteiger partial charge in [0, 0.05) is 13.1 Å². The van der Waals surface area contributed by atoms with E-state index in [1.165, 1.54) is 29.0 Å². The van der Waals surface area contributed by atoms with E-state index in [0.29, 0.717) is 11.7 Å². The van der Waals surface area contributed by atoms with Crippen LogP contribution in [0.4, 0.5) is 5.69 Å². The van der Waals surface area contributed by atoms with Crippen LogP contribution in [0.25, 0.3) is 0 Å². The summed E-state index contributed by atoms with van der Waals surface area (Å²) < 4.78 is 24.2. The van der Waals surface area contributed by atoms with Crippen molar-refractivity contribution in [3.63, 3.8) is 0 Å². The van der Waals surface area contributed by atoms with E-state index in [4.69, 9.17) is 0 Å². The molecule has 1 unspecified atom stereocenters. The van der Waals surface area contributed by atoms with Crippen LogP contribution in [-0.4, -0.2) is 28.3 Å². The molecule has 0 bridgehead atoms. The van der Waals surface area contributed by atoms with Crippen LogP contribution in [0, 0.1) is 0 Å². The van der Waals surface area contributed by atoms with Gasteiger partial charge in [-0.05, 0) is 37.1 Å². The van der Waals surface area contributed by atoms with Crippen LogP contribution in [0.2, 0.25) is 0 Å². The third-order valence-electron chi connectivity index (χ3n) is 3.47. The van der Waals surface area contributed by atoms with E-state index in [1.54, 1.807) is 7.05 Å². The molecule has 1 atom stereocenters. The summed E-state index contributed by atoms with van der Waals surface area (Å²) in [5.74, 6) is 0. The third-order valence-corrected chi connectivity index (χ3v) is 4.67. The lowest BCUT2D eigenvalue weighted by molar-refractivity contribution is 0.412. The summed E-state index contributed by atoms with van der Waals surface area (Å²) >= 11 is 0. The number of rotatable bonds is 3. The summed E-state index contributed by atoms with van der Waals surface area (Å²) in [7, 11) is -1.60. The lowest BCUT2D eigenvalue weighted by Gasteiger charge is -2.24. The van der Waals surface area contributed by atoms with Crippen LogP contribution < -0.4 is 9.62 Å². The number of nitrogens with one attached hydrogen (secondary N) is 1. The van der Waals surface area contributed by atoms with Gasteiger partial charge in [-0.1, -0.05) is 18.6 Å². The Hall–Kier alpha value is -1.07. The molecule has 0 aliphatic carbocycles. The molecule has 100 valence electrons. The molecular weight excluding hydrogens is 248 g/mol. The van der Waals surface area contributed by atoms with E-state index in [0.717, 1.165) is 13.0 Å². The predicted octanol–water partition coefficient (Wildman–Crippen LogP) is 1.90. The van der Waals surface area contributed by atoms with E-state index in [9.17, 15) is 8.42 Å². The Morgan fingerprint density at radius 3 is 2.39 bits per heavy atom. The molecule has 0 amide bonds. The Morgan fingerprint density at radius 2 is 1.89 bits per heavy atom. The van der Waals surface area contributed by atoms with Crippen molar-refractivity contribution in [2.45, 2.75) is 25.3 Å². The molecule has 1 aromatic carbocycles. The molecule has 0 spiro atoms. The molecule has 1 aliphatic rings. The fraction of sp³-hybridized carbons (Fsp3) is 0.538. The highest BCUT2D eigenvalue weighted by atomic mass is 32.2. The number of hydrogen-bond acceptors (Lipinski definition) is 3. The average molecular weight is 268 g/mol. The van der Waals surface area contributed by atoms with E-state index in [2.05, 4.69) is 5.32 Å². The minimum absolute atomic E-state index is 0.413. The molecule has 0 radical (unpaired) electrons. The number of hydrogen-bond donors (Lipinski definition) is 1. The monoisotopic (exact) mass is 268 g/mol. The molecule has 1 saturated heterocycles. The second-order valence-corrected chi connectivity index (χ2v) is 6.84. The highest BCUT2D eigenvalue weighted by molar-refractivity contribution is 7.92. The molecule has 0 aromatic heterocycles. The maximum absolute atomic E-state index is 11.4. The molecule has 0 saturated carbocycles. The van der Waals surface area contributed by atoms with Crippen LogP contribution in [0.15, 0.2) is 24.3 Å². The van der Waals surface area contributed by atoms with Crippen LogP contribution >= 0.6 is 0 Å². The molecule has 1 N–H and O–H groups in total. The minimum Gasteiger partial charge on any atom is -0.310 e. The third kappa shape index (κ3) is 3.03. The number of nitrogens with zero attached hydrogens (tertiary/aromatic N) is 1. The zero-order valence-corrected chi connectivity index (χ0v) is 11.7. The highest BCUT2D eigenvalue weighted by Crippen LogP contribution is 2.25. The fourth-order valence-corrected chi connectivity index (χ4v) is 2.75. The summed E-state index contributed by atoms with van der Waals surface area (Å²) in [6.45, 7) is 1.07. The van der Waals surface area contributed by atoms with Gasteiger partial charge in [-0.15, -0.1) is 0 Å². The first-order valence-corrected chi connectivity index (χ1v) is 8.10. The van der Waals surface area contributed by atoms with Crippen molar-refractivity contribution in [2.24, 2.45) is 0 Å². The molecule has 5 heteroatoms. The number of anilines is 1. The van der Waals surface area contributed by atoms with Gasteiger partial charge in [-0.25, -0.2) is 8.42 Å². The highest BCUT2D eigenvalue weighted by Gasteiger charge is 2.16. The van der Waals surface area contributed by atoms with Gasteiger partial charge >= 0.3 is 0 Å². The second kappa shape index (κ2) is 5.28. The molecule has 1 heterocycles. The summed E-state index contributed by atoms with van der Waals surface area (Å²) in [5, 5.41) is 3.48. The fourth-order valence-electron chi connectivity index (χ4n) is 2.24. The Kier molecular flexibility index (Phi) is 3.92. The summed E-state index contributed by atoms with van der Waals surface area (Å²) in [4.78, 5) is 0. The Bertz CT molecular complexity index is 490. The number of benzene rings is 1. The van der Waals surface area contributed by atoms with Gasteiger partial charge in [0.1, 0.15) is 0 Å². The van der Waals surface area contributed by atoms with Crippen molar-refractivity contribution in [2.75, 3.05) is 24.2 Å². The minimum atomic E-state index is -3.18. The van der Waals surface area contributed by atoms with E-state index in [-0.39, 0.29) is 0 Å². The standard InChI is InChI=1S/C13H20N2O2S/c1-15(18(2,16)17)12-8-6-11(7-9-12)13-5-3-4-10-14-13/h6-9,13-14H,3-5,10H2,1-2H3. The van der Waals surface area contributed by atoms with Gasteiger partial charge in [-0.3, -0.25) is 4.31 Å². The first kappa shape index (κ1) is 13.4. The first-order valence-electron chi connectivity index (χ1n) is 6.26. The number of sulfonamides is 1. The zero-order chi connectivity index (χ0) is 13.2. The lowest BCUT2D eigenvalue weighted by atomic mass is 9.97. The van der Waals surface area contributed by atoms with Crippen molar-refractivity contribution in [3.8, 4) is 0 Å². The molecule has 1 aliphatic heterocycles. The molecular formula is C13H20N2O2S. The summed E-state index contributed by atoms with van der Waals surface area (Å²) in [6.07, 6.45) is 4.86. The molecule has 1 fully saturated rings. The first-order chi connectivity index (χ1) is 8.48. The Labute approximate surface area is 109 Å². The molecule has 2 rings (SSSR count). The van der Waals surface area contributed by atoms with Crippen LogP contribution in [0.5, 0.6) is 0 Å². The second-order valence-electron chi connectivity index (χ2n) is 4.82. The molecule has 18 heavy (non-hydrogen) atoms. The molecule has 1 aromatic rings. The van der Waals surface area contributed by atoms with E-state index >= 15 is 0 Å². The maximum Gasteiger partial charge on any atom is 0.231 e. The van der Waals surface area contributed by atoms with E-state index < -0.39 is 10.0 Å². The average Bonchev–Trinajstić information content (AvgIpc) is 2.38. The van der Waals surface area contributed by atoms with Gasteiger partial charge in [-0.2, -0.15) is 0 Å². The quantitative estimate of drug-likeness (QED) is 0.911. The molecule has 4 nitrogen and oxygen atoms in total. The number of piperidine rings is 1. The van der Waals surface area contributed by atoms with Crippen molar-refractivity contribution >= 4 is 15.7 Å². The predicted molar refractivity (Wildman–Crippen MR) is 74.3 cm³/mol. The Balaban J connectivity index is 2.14. The topological polar surface area (TPSA) is 49.4 Å². The Morgan fingerprint density at radius 1 is 1.22 bits per heavy atom. The van der Waals surface area contributed by atoms with Crippen molar-refractivity contribution in [1.29, 1.82) is 0 Å². The smallest absolute Gasteiger partial charge is 0.231 e. The van der Waals surface area contributed by atoms with E-state index in [1.807, 2.05) is 24.3 Å². The van der Waals surface area contributed by atoms with Crippen molar-refractivity contribution in [1.82, 2.24) is 5.32 Å². The van der Waals surface area contributed by atoms with Gasteiger partial charge < -0.3 is 5.32 Å². The van der Waals surface area contributed by atoms with Crippen molar-refractivity contribution in [3.05, 3.63) is 29.8 Å². The SMILES string of the molecule is CN(c1ccc(C2CCCCN2)cc1)S(C)(=O)=O. The lowest BCUT2D eigenvalue weighted by Crippen LogP contribution is -2.27. The van der Waals surface area contributed by atoms with Crippen molar-refractivity contribution < 1.29 is 8.42 Å². The summed E-state index contributed by atoms with van der Waals surface area (Å²) in [5.41, 5.74) is 1.94. The van der Waals surface area contributed by atoms with Gasteiger partial charge in [0.15, 0.2) is 0 Å². The van der Waals surface area contributed by atoms with Crippen LogP contribution in [0.1, 0.15) is 30.9 Å².